The standard InChI is InChI=1S/C9H18O3/c1-5-6-11-12-9(3,4)7-8(2)10/h5,8,10H,1,6-7H2,2-4H3. The molecule has 0 bridgehead atoms. The topological polar surface area (TPSA) is 38.7 Å². The van der Waals surface area contributed by atoms with Crippen molar-refractivity contribution < 1.29 is 14.9 Å². The van der Waals surface area contributed by atoms with Crippen LogP contribution in [-0.4, -0.2) is 23.4 Å². The van der Waals surface area contributed by atoms with Crippen molar-refractivity contribution in [2.75, 3.05) is 6.61 Å². The molecule has 0 aromatic carbocycles. The van der Waals surface area contributed by atoms with E-state index in [1.807, 2.05) is 13.8 Å². The first-order valence-electron chi connectivity index (χ1n) is 4.07. The molecule has 0 saturated carbocycles. The van der Waals surface area contributed by atoms with Gasteiger partial charge in [-0.2, -0.15) is 0 Å². The maximum Gasteiger partial charge on any atom is 0.100 e. The Morgan fingerprint density at radius 1 is 1.58 bits per heavy atom. The predicted molar refractivity (Wildman–Crippen MR) is 47.6 cm³/mol. The number of aliphatic hydroxyl groups is 1. The van der Waals surface area contributed by atoms with Crippen LogP contribution in [0.25, 0.3) is 0 Å². The first-order valence-corrected chi connectivity index (χ1v) is 4.07. The van der Waals surface area contributed by atoms with Crippen LogP contribution < -0.4 is 0 Å². The van der Waals surface area contributed by atoms with Crippen LogP contribution in [0.5, 0.6) is 0 Å². The Balaban J connectivity index is 3.62. The van der Waals surface area contributed by atoms with E-state index in [-0.39, 0.29) is 6.10 Å². The molecule has 0 aliphatic carbocycles. The molecular weight excluding hydrogens is 156 g/mol. The molecule has 1 atom stereocenters. The Bertz CT molecular complexity index is 130. The molecule has 0 heterocycles. The third-order valence-electron chi connectivity index (χ3n) is 1.26. The van der Waals surface area contributed by atoms with Crippen molar-refractivity contribution >= 4 is 0 Å². The van der Waals surface area contributed by atoms with Crippen molar-refractivity contribution in [1.29, 1.82) is 0 Å². The van der Waals surface area contributed by atoms with Crippen LogP contribution in [0.1, 0.15) is 27.2 Å². The van der Waals surface area contributed by atoms with Crippen molar-refractivity contribution in [3.63, 3.8) is 0 Å². The molecule has 0 rings (SSSR count). The van der Waals surface area contributed by atoms with E-state index in [2.05, 4.69) is 6.58 Å². The highest BCUT2D eigenvalue weighted by Crippen LogP contribution is 2.16. The average Bonchev–Trinajstić information content (AvgIpc) is 1.84. The van der Waals surface area contributed by atoms with Crippen LogP contribution >= 0.6 is 0 Å². The van der Waals surface area contributed by atoms with Gasteiger partial charge in [-0.1, -0.05) is 6.08 Å². The van der Waals surface area contributed by atoms with Gasteiger partial charge in [-0.05, 0) is 20.8 Å². The molecule has 3 heteroatoms. The molecule has 0 radical (unpaired) electrons. The SMILES string of the molecule is C=CCOOC(C)(C)CC(C)O. The van der Waals surface area contributed by atoms with Crippen molar-refractivity contribution in [2.24, 2.45) is 0 Å². The summed E-state index contributed by atoms with van der Waals surface area (Å²) < 4.78 is 0. The van der Waals surface area contributed by atoms with E-state index in [1.54, 1.807) is 13.0 Å². The van der Waals surface area contributed by atoms with Crippen molar-refractivity contribution in [3.05, 3.63) is 12.7 Å². The van der Waals surface area contributed by atoms with E-state index >= 15 is 0 Å². The van der Waals surface area contributed by atoms with Gasteiger partial charge >= 0.3 is 0 Å². The first kappa shape index (κ1) is 11.6. The molecule has 0 spiro atoms. The van der Waals surface area contributed by atoms with Crippen LogP contribution in [0.3, 0.4) is 0 Å². The highest BCUT2D eigenvalue weighted by molar-refractivity contribution is 4.70. The zero-order valence-electron chi connectivity index (χ0n) is 8.04. The fraction of sp³-hybridized carbons (Fsp3) is 0.778. The lowest BCUT2D eigenvalue weighted by Crippen LogP contribution is -2.29. The van der Waals surface area contributed by atoms with Crippen molar-refractivity contribution in [2.45, 2.75) is 38.9 Å². The van der Waals surface area contributed by atoms with Crippen LogP contribution in [-0.2, 0) is 9.78 Å². The van der Waals surface area contributed by atoms with Crippen LogP contribution in [0.4, 0.5) is 0 Å². The van der Waals surface area contributed by atoms with E-state index in [1.165, 1.54) is 0 Å². The second-order valence-corrected chi connectivity index (χ2v) is 3.47. The van der Waals surface area contributed by atoms with Gasteiger partial charge in [0.15, 0.2) is 0 Å². The largest absolute Gasteiger partial charge is 0.393 e. The highest BCUT2D eigenvalue weighted by atomic mass is 17.2. The smallest absolute Gasteiger partial charge is 0.100 e. The van der Waals surface area contributed by atoms with E-state index in [0.29, 0.717) is 13.0 Å². The van der Waals surface area contributed by atoms with Crippen LogP contribution in [0.15, 0.2) is 12.7 Å². The Kier molecular flexibility index (Phi) is 5.13. The van der Waals surface area contributed by atoms with Gasteiger partial charge in [-0.25, -0.2) is 9.78 Å². The summed E-state index contributed by atoms with van der Waals surface area (Å²) >= 11 is 0. The molecule has 0 aromatic heterocycles. The summed E-state index contributed by atoms with van der Waals surface area (Å²) in [7, 11) is 0. The maximum absolute atomic E-state index is 9.09. The molecule has 0 fully saturated rings. The summed E-state index contributed by atoms with van der Waals surface area (Å²) in [5.41, 5.74) is -0.447. The lowest BCUT2D eigenvalue weighted by atomic mass is 10.0. The summed E-state index contributed by atoms with van der Waals surface area (Å²) in [6.07, 6.45) is 1.77. The molecular formula is C9H18O3. The molecule has 1 unspecified atom stereocenters. The van der Waals surface area contributed by atoms with Crippen molar-refractivity contribution in [1.82, 2.24) is 0 Å². The van der Waals surface area contributed by atoms with E-state index in [9.17, 15) is 0 Å². The van der Waals surface area contributed by atoms with Gasteiger partial charge in [0.05, 0.1) is 6.10 Å². The zero-order chi connectivity index (χ0) is 9.61. The molecule has 12 heavy (non-hydrogen) atoms. The van der Waals surface area contributed by atoms with Gasteiger partial charge in [0.2, 0.25) is 0 Å². The fourth-order valence-electron chi connectivity index (χ4n) is 0.987. The minimum atomic E-state index is -0.447. The monoisotopic (exact) mass is 174 g/mol. The lowest BCUT2D eigenvalue weighted by Gasteiger charge is -2.24. The second-order valence-electron chi connectivity index (χ2n) is 3.47. The quantitative estimate of drug-likeness (QED) is 0.288. The molecule has 0 saturated heterocycles. The Morgan fingerprint density at radius 3 is 2.58 bits per heavy atom. The minimum absolute atomic E-state index is 0.364. The summed E-state index contributed by atoms with van der Waals surface area (Å²) in [5, 5.41) is 9.09. The van der Waals surface area contributed by atoms with E-state index in [4.69, 9.17) is 14.9 Å². The van der Waals surface area contributed by atoms with E-state index in [0.717, 1.165) is 0 Å². The highest BCUT2D eigenvalue weighted by Gasteiger charge is 2.21. The molecule has 0 amide bonds. The second kappa shape index (κ2) is 5.30. The molecule has 3 nitrogen and oxygen atoms in total. The minimum Gasteiger partial charge on any atom is -0.393 e. The third kappa shape index (κ3) is 6.34. The summed E-state index contributed by atoms with van der Waals surface area (Å²) in [5.74, 6) is 0. The molecule has 72 valence electrons. The van der Waals surface area contributed by atoms with E-state index < -0.39 is 5.60 Å². The summed E-state index contributed by atoms with van der Waals surface area (Å²) in [6.45, 7) is 9.30. The van der Waals surface area contributed by atoms with Crippen LogP contribution in [0, 0.1) is 0 Å². The van der Waals surface area contributed by atoms with Gasteiger partial charge in [0.1, 0.15) is 12.2 Å². The maximum atomic E-state index is 9.09. The van der Waals surface area contributed by atoms with Gasteiger partial charge in [0.25, 0.3) is 0 Å². The lowest BCUT2D eigenvalue weighted by molar-refractivity contribution is -0.350. The van der Waals surface area contributed by atoms with Gasteiger partial charge in [-0.15, -0.1) is 6.58 Å². The zero-order valence-corrected chi connectivity index (χ0v) is 8.04. The molecule has 1 N–H and O–H groups in total. The first-order chi connectivity index (χ1) is 5.48. The Labute approximate surface area is 73.9 Å². The predicted octanol–water partition coefficient (Wildman–Crippen LogP) is 1.67. The molecule has 0 aliphatic rings. The summed E-state index contributed by atoms with van der Waals surface area (Å²) in [6, 6.07) is 0. The molecule has 0 aromatic rings. The fourth-order valence-corrected chi connectivity index (χ4v) is 0.987. The van der Waals surface area contributed by atoms with Gasteiger partial charge in [0, 0.05) is 6.42 Å². The van der Waals surface area contributed by atoms with Gasteiger partial charge < -0.3 is 5.11 Å². The third-order valence-corrected chi connectivity index (χ3v) is 1.26. The van der Waals surface area contributed by atoms with Crippen molar-refractivity contribution in [3.8, 4) is 0 Å². The molecule has 0 aliphatic heterocycles. The summed E-state index contributed by atoms with van der Waals surface area (Å²) in [4.78, 5) is 9.87. The average molecular weight is 174 g/mol. The number of hydrogen-bond acceptors (Lipinski definition) is 3. The number of rotatable bonds is 6. The Morgan fingerprint density at radius 2 is 2.17 bits per heavy atom. The number of aliphatic hydroxyl groups excluding tert-OH is 1. The van der Waals surface area contributed by atoms with Gasteiger partial charge in [-0.3, -0.25) is 0 Å². The normalized spacial score (nSPS) is 14.3. The van der Waals surface area contributed by atoms with Crippen LogP contribution in [0.2, 0.25) is 0 Å². The number of hydrogen-bond donors (Lipinski definition) is 1. The Hall–Kier alpha value is -0.380.